The van der Waals surface area contributed by atoms with E-state index in [4.69, 9.17) is 19.9 Å². The van der Waals surface area contributed by atoms with Gasteiger partial charge >= 0.3 is 0 Å². The summed E-state index contributed by atoms with van der Waals surface area (Å²) in [7, 11) is 0. The molecular formula is C50H29N7. The number of rotatable bonds is 4. The zero-order chi connectivity index (χ0) is 37.2. The van der Waals surface area contributed by atoms with Crippen LogP contribution >= 0.6 is 0 Å². The average Bonchev–Trinajstić information content (AvgIpc) is 4.01. The van der Waals surface area contributed by atoms with Crippen LogP contribution in [0.25, 0.3) is 116 Å². The number of aromatic nitrogens is 7. The summed E-state index contributed by atoms with van der Waals surface area (Å²) < 4.78 is 6.68. The maximum absolute atomic E-state index is 5.33. The van der Waals surface area contributed by atoms with Crippen LogP contribution in [0, 0.1) is 0 Å². The highest BCUT2D eigenvalue weighted by Gasteiger charge is 2.23. The molecule has 57 heavy (non-hydrogen) atoms. The second-order valence-corrected chi connectivity index (χ2v) is 14.7. The van der Waals surface area contributed by atoms with Crippen LogP contribution in [-0.4, -0.2) is 33.5 Å². The third kappa shape index (κ3) is 4.14. The molecule has 13 rings (SSSR count). The van der Waals surface area contributed by atoms with Gasteiger partial charge in [0.05, 0.1) is 33.1 Å². The molecule has 0 aliphatic carbocycles. The van der Waals surface area contributed by atoms with Crippen LogP contribution in [0.4, 0.5) is 0 Å². The molecule has 0 aliphatic rings. The maximum Gasteiger partial charge on any atom is 0.240 e. The Morgan fingerprint density at radius 1 is 0.368 bits per heavy atom. The van der Waals surface area contributed by atoms with Gasteiger partial charge in [-0.15, -0.1) is 0 Å². The molecule has 7 aromatic carbocycles. The van der Waals surface area contributed by atoms with Gasteiger partial charge in [0.1, 0.15) is 5.65 Å². The van der Waals surface area contributed by atoms with Crippen molar-refractivity contribution in [3.8, 4) is 34.4 Å². The molecule has 0 N–H and O–H groups in total. The Kier molecular flexibility index (Phi) is 6.04. The molecule has 0 unspecified atom stereocenters. The lowest BCUT2D eigenvalue weighted by molar-refractivity contribution is 0.893. The van der Waals surface area contributed by atoms with Crippen LogP contribution < -0.4 is 0 Å². The van der Waals surface area contributed by atoms with Gasteiger partial charge in [0.2, 0.25) is 11.9 Å². The SMILES string of the molecule is c1cc(-c2nc(-n3c4ccccc4c4ccccc43)nc(-n3c4ccccc4c4ccccc43)n2)cc(-c2ccc3c4cccnc4n4c5ccccc5c2c34)c1. The number of para-hydroxylation sites is 5. The van der Waals surface area contributed by atoms with Gasteiger partial charge in [-0.2, -0.15) is 15.0 Å². The highest BCUT2D eigenvalue weighted by molar-refractivity contribution is 6.26. The second-order valence-electron chi connectivity index (χ2n) is 14.7. The summed E-state index contributed by atoms with van der Waals surface area (Å²) in [6, 6.07) is 59.9. The van der Waals surface area contributed by atoms with Gasteiger partial charge < -0.3 is 0 Å². The van der Waals surface area contributed by atoms with Gasteiger partial charge in [-0.3, -0.25) is 13.5 Å². The van der Waals surface area contributed by atoms with E-state index >= 15 is 0 Å². The predicted octanol–water partition coefficient (Wildman–Crippen LogP) is 11.9. The molecule has 0 radical (unpaired) electrons. The van der Waals surface area contributed by atoms with Crippen molar-refractivity contribution in [2.24, 2.45) is 0 Å². The van der Waals surface area contributed by atoms with Gasteiger partial charge in [0.15, 0.2) is 5.82 Å². The van der Waals surface area contributed by atoms with E-state index in [2.05, 4.69) is 177 Å². The van der Waals surface area contributed by atoms with Gasteiger partial charge in [-0.1, -0.05) is 121 Å². The van der Waals surface area contributed by atoms with E-state index in [9.17, 15) is 0 Å². The Hall–Kier alpha value is -7.90. The third-order valence-corrected chi connectivity index (χ3v) is 11.7. The molecule has 6 aromatic heterocycles. The molecule has 0 saturated heterocycles. The third-order valence-electron chi connectivity index (χ3n) is 11.7. The Morgan fingerprint density at radius 2 is 0.877 bits per heavy atom. The Morgan fingerprint density at radius 3 is 1.47 bits per heavy atom. The van der Waals surface area contributed by atoms with E-state index in [0.29, 0.717) is 17.7 Å². The molecule has 0 atom stereocenters. The minimum Gasteiger partial charge on any atom is -0.293 e. The van der Waals surface area contributed by atoms with E-state index in [1.165, 1.54) is 21.7 Å². The van der Waals surface area contributed by atoms with Crippen LogP contribution in [-0.2, 0) is 0 Å². The average molecular weight is 728 g/mol. The smallest absolute Gasteiger partial charge is 0.240 e. The van der Waals surface area contributed by atoms with E-state index < -0.39 is 0 Å². The first-order valence-corrected chi connectivity index (χ1v) is 19.2. The van der Waals surface area contributed by atoms with Crippen molar-refractivity contribution >= 4 is 81.8 Å². The number of pyridine rings is 1. The number of nitrogens with zero attached hydrogens (tertiary/aromatic N) is 7. The lowest BCUT2D eigenvalue weighted by Crippen LogP contribution is -2.10. The van der Waals surface area contributed by atoms with E-state index in [1.54, 1.807) is 0 Å². The minimum absolute atomic E-state index is 0.561. The first-order valence-electron chi connectivity index (χ1n) is 19.2. The van der Waals surface area contributed by atoms with E-state index in [0.717, 1.165) is 76.9 Å². The van der Waals surface area contributed by atoms with Gasteiger partial charge in [0, 0.05) is 54.9 Å². The van der Waals surface area contributed by atoms with Crippen LogP contribution in [0.3, 0.4) is 0 Å². The molecule has 0 bridgehead atoms. The Balaban J connectivity index is 1.09. The molecule has 7 nitrogen and oxygen atoms in total. The number of hydrogen-bond acceptors (Lipinski definition) is 4. The molecule has 264 valence electrons. The molecule has 0 fully saturated rings. The van der Waals surface area contributed by atoms with Crippen molar-refractivity contribution in [3.05, 3.63) is 176 Å². The van der Waals surface area contributed by atoms with Crippen molar-refractivity contribution in [1.82, 2.24) is 33.5 Å². The van der Waals surface area contributed by atoms with Crippen LogP contribution in [0.1, 0.15) is 0 Å². The molecule has 0 spiro atoms. The van der Waals surface area contributed by atoms with Crippen molar-refractivity contribution in [1.29, 1.82) is 0 Å². The van der Waals surface area contributed by atoms with Crippen LogP contribution in [0.5, 0.6) is 0 Å². The zero-order valence-electron chi connectivity index (χ0n) is 30.4. The fourth-order valence-electron chi connectivity index (χ4n) is 9.34. The largest absolute Gasteiger partial charge is 0.293 e. The monoisotopic (exact) mass is 727 g/mol. The Bertz CT molecular complexity index is 3540. The fourth-order valence-corrected chi connectivity index (χ4v) is 9.34. The molecule has 0 aliphatic heterocycles. The fraction of sp³-hybridized carbons (Fsp3) is 0. The minimum atomic E-state index is 0.561. The summed E-state index contributed by atoms with van der Waals surface area (Å²) in [5.74, 6) is 1.72. The lowest BCUT2D eigenvalue weighted by atomic mass is 9.96. The summed E-state index contributed by atoms with van der Waals surface area (Å²) >= 11 is 0. The van der Waals surface area contributed by atoms with Crippen molar-refractivity contribution in [2.45, 2.75) is 0 Å². The normalized spacial score (nSPS) is 12.2. The molecule has 13 aromatic rings. The number of benzene rings is 7. The second kappa shape index (κ2) is 11.3. The summed E-state index contributed by atoms with van der Waals surface area (Å²) in [4.78, 5) is 20.9. The summed E-state index contributed by atoms with van der Waals surface area (Å²) in [6.07, 6.45) is 1.88. The molecule has 6 heterocycles. The van der Waals surface area contributed by atoms with Gasteiger partial charge in [-0.25, -0.2) is 4.98 Å². The predicted molar refractivity (Wildman–Crippen MR) is 232 cm³/mol. The van der Waals surface area contributed by atoms with Gasteiger partial charge in [0.25, 0.3) is 0 Å². The first kappa shape index (κ1) is 30.4. The zero-order valence-corrected chi connectivity index (χ0v) is 30.4. The van der Waals surface area contributed by atoms with Crippen LogP contribution in [0.15, 0.2) is 176 Å². The standard InChI is InChI=1S/C50H29N7/c1-6-21-40-33(15-1)34-16-2-7-22-41(34)55(40)49-52-47(53-50(54-49)56-42-23-8-3-17-35(42)36-18-4-9-24-43(36)56)31-14-11-13-30(29-31)32-26-27-37-38-20-12-28-51-48(38)57-44-25-10-5-19-39(44)45(32)46(37)57/h1-29H. The van der Waals surface area contributed by atoms with Gasteiger partial charge in [-0.05, 0) is 59.7 Å². The molecule has 7 heteroatoms. The summed E-state index contributed by atoms with van der Waals surface area (Å²) in [5, 5.41) is 9.37. The van der Waals surface area contributed by atoms with E-state index in [1.807, 2.05) is 12.3 Å². The Labute approximate surface area is 324 Å². The first-order chi connectivity index (χ1) is 28.3. The van der Waals surface area contributed by atoms with Crippen molar-refractivity contribution in [2.75, 3.05) is 0 Å². The quantitative estimate of drug-likeness (QED) is 0.181. The molecule has 0 amide bonds. The lowest BCUT2D eigenvalue weighted by Gasteiger charge is -2.13. The topological polar surface area (TPSA) is 65.8 Å². The summed E-state index contributed by atoms with van der Waals surface area (Å²) in [6.45, 7) is 0. The summed E-state index contributed by atoms with van der Waals surface area (Å²) in [5.41, 5.74) is 10.6. The van der Waals surface area contributed by atoms with E-state index in [-0.39, 0.29) is 0 Å². The maximum atomic E-state index is 5.33. The number of fused-ring (bicyclic) bond motifs is 12. The van der Waals surface area contributed by atoms with Crippen LogP contribution in [0.2, 0.25) is 0 Å². The van der Waals surface area contributed by atoms with Crippen molar-refractivity contribution < 1.29 is 0 Å². The highest BCUT2D eigenvalue weighted by Crippen LogP contribution is 2.44. The molecule has 0 saturated carbocycles. The molecular weight excluding hydrogens is 699 g/mol. The highest BCUT2D eigenvalue weighted by atomic mass is 15.3. The number of hydrogen-bond donors (Lipinski definition) is 0. The van der Waals surface area contributed by atoms with Crippen molar-refractivity contribution in [3.63, 3.8) is 0 Å².